The lowest BCUT2D eigenvalue weighted by Crippen LogP contribution is -2.40. The van der Waals surface area contributed by atoms with Gasteiger partial charge in [-0.3, -0.25) is 9.10 Å². The van der Waals surface area contributed by atoms with Gasteiger partial charge in [0, 0.05) is 19.6 Å². The molecule has 2 aromatic rings. The predicted molar refractivity (Wildman–Crippen MR) is 123 cm³/mol. The third kappa shape index (κ3) is 5.72. The molecule has 0 radical (unpaired) electrons. The minimum Gasteiger partial charge on any atom is -0.452 e. The van der Waals surface area contributed by atoms with Crippen LogP contribution in [0, 0.1) is 0 Å². The highest BCUT2D eigenvalue weighted by atomic mass is 32.2. The number of carbonyl (C=O) groups is 2. The summed E-state index contributed by atoms with van der Waals surface area (Å²) in [5, 5.41) is 0. The summed E-state index contributed by atoms with van der Waals surface area (Å²) >= 11 is 0. The van der Waals surface area contributed by atoms with Crippen LogP contribution >= 0.6 is 0 Å². The smallest absolute Gasteiger partial charge is 0.338 e. The summed E-state index contributed by atoms with van der Waals surface area (Å²) in [4.78, 5) is 26.0. The van der Waals surface area contributed by atoms with Crippen LogP contribution in [0.5, 0.6) is 0 Å². The molecule has 0 aromatic heterocycles. The summed E-state index contributed by atoms with van der Waals surface area (Å²) in [6.07, 6.45) is 0.341. The van der Waals surface area contributed by atoms with Gasteiger partial charge in [-0.1, -0.05) is 24.3 Å². The maximum atomic E-state index is 13.2. The Kier molecular flexibility index (Phi) is 7.43. The molecule has 1 atom stereocenters. The molecule has 33 heavy (non-hydrogen) atoms. The van der Waals surface area contributed by atoms with Crippen molar-refractivity contribution in [3.05, 3.63) is 60.2 Å². The van der Waals surface area contributed by atoms with Crippen molar-refractivity contribution >= 4 is 37.4 Å². The van der Waals surface area contributed by atoms with E-state index in [-0.39, 0.29) is 28.5 Å². The van der Waals surface area contributed by atoms with Crippen LogP contribution in [0.15, 0.2) is 59.5 Å². The molecule has 178 valence electrons. The quantitative estimate of drug-likeness (QED) is 0.513. The van der Waals surface area contributed by atoms with Crippen LogP contribution < -0.4 is 4.31 Å². The number of amides is 1. The molecule has 3 rings (SSSR count). The number of esters is 1. The zero-order valence-electron chi connectivity index (χ0n) is 18.4. The normalized spacial score (nSPS) is 17.3. The van der Waals surface area contributed by atoms with E-state index < -0.39 is 44.4 Å². The maximum Gasteiger partial charge on any atom is 0.338 e. The van der Waals surface area contributed by atoms with E-state index >= 15 is 0 Å². The fourth-order valence-electron chi connectivity index (χ4n) is 3.59. The minimum atomic E-state index is -3.93. The second-order valence-electron chi connectivity index (χ2n) is 7.67. The molecule has 2 aromatic carbocycles. The molecule has 1 aliphatic rings. The number of likely N-dealkylation sites (N-methyl/N-ethyl adjacent to an activating group) is 1. The van der Waals surface area contributed by atoms with Gasteiger partial charge in [-0.25, -0.2) is 21.6 Å². The Hall–Kier alpha value is -2.92. The Labute approximate surface area is 193 Å². The topological polar surface area (TPSA) is 118 Å². The summed E-state index contributed by atoms with van der Waals surface area (Å²) < 4.78 is 55.8. The number of para-hydroxylation sites is 1. The molecule has 0 aliphatic carbocycles. The van der Waals surface area contributed by atoms with Crippen LogP contribution in [0.3, 0.4) is 0 Å². The highest BCUT2D eigenvalue weighted by Gasteiger charge is 2.33. The van der Waals surface area contributed by atoms with E-state index in [1.165, 1.54) is 40.5 Å². The molecule has 1 fully saturated rings. The third-order valence-electron chi connectivity index (χ3n) is 5.47. The molecule has 1 amide bonds. The Morgan fingerprint density at radius 3 is 2.39 bits per heavy atom. The maximum absolute atomic E-state index is 13.2. The van der Waals surface area contributed by atoms with Gasteiger partial charge in [0.05, 0.1) is 27.7 Å². The van der Waals surface area contributed by atoms with Gasteiger partial charge in [0.15, 0.2) is 16.4 Å². The molecule has 0 N–H and O–H groups in total. The van der Waals surface area contributed by atoms with Crippen molar-refractivity contribution in [2.45, 2.75) is 24.3 Å². The van der Waals surface area contributed by atoms with Crippen LogP contribution in [-0.2, 0) is 29.4 Å². The number of rotatable bonds is 8. The van der Waals surface area contributed by atoms with E-state index in [1.54, 1.807) is 37.3 Å². The lowest BCUT2D eigenvalue weighted by molar-refractivity contribution is -0.134. The zero-order valence-corrected chi connectivity index (χ0v) is 20.0. The number of carbonyl (C=O) groups excluding carboxylic acids is 2. The van der Waals surface area contributed by atoms with Crippen molar-refractivity contribution in [2.75, 3.05) is 36.0 Å². The number of benzene rings is 2. The van der Waals surface area contributed by atoms with E-state index in [1.807, 2.05) is 0 Å². The largest absolute Gasteiger partial charge is 0.452 e. The van der Waals surface area contributed by atoms with Gasteiger partial charge in [-0.15, -0.1) is 0 Å². The number of anilines is 1. The number of ether oxygens (including phenoxy) is 1. The number of sulfonamides is 1. The molecule has 1 unspecified atom stereocenters. The lowest BCUT2D eigenvalue weighted by Gasteiger charge is -2.23. The van der Waals surface area contributed by atoms with Crippen LogP contribution in [0.25, 0.3) is 0 Å². The number of hydrogen-bond acceptors (Lipinski definition) is 7. The van der Waals surface area contributed by atoms with Crippen molar-refractivity contribution in [3.8, 4) is 0 Å². The summed E-state index contributed by atoms with van der Waals surface area (Å²) in [7, 11) is -5.62. The first kappa shape index (κ1) is 24.7. The highest BCUT2D eigenvalue weighted by molar-refractivity contribution is 7.92. The van der Waals surface area contributed by atoms with Crippen molar-refractivity contribution in [1.82, 2.24) is 4.90 Å². The minimum absolute atomic E-state index is 0.0147. The summed E-state index contributed by atoms with van der Waals surface area (Å²) in [6.45, 7) is 1.33. The van der Waals surface area contributed by atoms with Crippen LogP contribution in [0.4, 0.5) is 5.69 Å². The third-order valence-corrected chi connectivity index (χ3v) is 9.11. The van der Waals surface area contributed by atoms with Gasteiger partial charge in [-0.05, 0) is 43.7 Å². The van der Waals surface area contributed by atoms with E-state index in [9.17, 15) is 26.4 Å². The fourth-order valence-corrected chi connectivity index (χ4v) is 6.89. The molecule has 1 saturated heterocycles. The number of nitrogens with zero attached hydrogens (tertiary/aromatic N) is 2. The van der Waals surface area contributed by atoms with Crippen molar-refractivity contribution in [2.24, 2.45) is 0 Å². The van der Waals surface area contributed by atoms with Crippen LogP contribution in [0.1, 0.15) is 23.7 Å². The van der Waals surface area contributed by atoms with E-state index in [0.717, 1.165) is 0 Å². The highest BCUT2D eigenvalue weighted by Crippen LogP contribution is 2.24. The second-order valence-corrected chi connectivity index (χ2v) is 11.8. The first-order chi connectivity index (χ1) is 15.5. The van der Waals surface area contributed by atoms with Gasteiger partial charge in [0.2, 0.25) is 0 Å². The van der Waals surface area contributed by atoms with Crippen LogP contribution in [-0.4, -0.2) is 71.4 Å². The monoisotopic (exact) mass is 494 g/mol. The Bertz CT molecular complexity index is 1230. The Morgan fingerprint density at radius 2 is 1.79 bits per heavy atom. The van der Waals surface area contributed by atoms with Gasteiger partial charge in [0.1, 0.15) is 0 Å². The van der Waals surface area contributed by atoms with Gasteiger partial charge in [-0.2, -0.15) is 0 Å². The predicted octanol–water partition coefficient (Wildman–Crippen LogP) is 1.70. The summed E-state index contributed by atoms with van der Waals surface area (Å²) in [5.41, 5.74) is 0.481. The summed E-state index contributed by atoms with van der Waals surface area (Å²) in [6, 6.07) is 13.6. The SMILES string of the molecule is CCN(c1ccccc1)S(=O)(=O)c1cccc(C(=O)OCC(=O)N(C)C2CCS(=O)(=O)C2)c1. The van der Waals surface area contributed by atoms with Gasteiger partial charge >= 0.3 is 5.97 Å². The van der Waals surface area contributed by atoms with E-state index in [0.29, 0.717) is 12.1 Å². The number of hydrogen-bond donors (Lipinski definition) is 0. The molecular weight excluding hydrogens is 468 g/mol. The van der Waals surface area contributed by atoms with Crippen molar-refractivity contribution in [1.29, 1.82) is 0 Å². The Balaban J connectivity index is 1.70. The van der Waals surface area contributed by atoms with E-state index in [2.05, 4.69) is 0 Å². The molecule has 1 heterocycles. The first-order valence-corrected chi connectivity index (χ1v) is 13.6. The molecule has 11 heteroatoms. The second kappa shape index (κ2) is 9.92. The van der Waals surface area contributed by atoms with Crippen LogP contribution in [0.2, 0.25) is 0 Å². The van der Waals surface area contributed by atoms with E-state index in [4.69, 9.17) is 4.74 Å². The van der Waals surface area contributed by atoms with Gasteiger partial charge < -0.3 is 9.64 Å². The average molecular weight is 495 g/mol. The molecule has 0 bridgehead atoms. The van der Waals surface area contributed by atoms with Crippen molar-refractivity contribution < 1.29 is 31.2 Å². The molecule has 1 aliphatic heterocycles. The zero-order chi connectivity index (χ0) is 24.2. The molecular formula is C22H26N2O7S2. The van der Waals surface area contributed by atoms with Gasteiger partial charge in [0.25, 0.3) is 15.9 Å². The fraction of sp³-hybridized carbons (Fsp3) is 0.364. The average Bonchev–Trinajstić information content (AvgIpc) is 3.17. The number of sulfone groups is 1. The van der Waals surface area contributed by atoms with Crippen molar-refractivity contribution in [3.63, 3.8) is 0 Å². The lowest BCUT2D eigenvalue weighted by atomic mass is 10.2. The molecule has 0 spiro atoms. The molecule has 9 nitrogen and oxygen atoms in total. The summed E-state index contributed by atoms with van der Waals surface area (Å²) in [5.74, 6) is -1.47. The molecule has 0 saturated carbocycles. The standard InChI is InChI=1S/C22H26N2O7S2/c1-3-24(18-9-5-4-6-10-18)33(29,30)20-11-7-8-17(14-20)22(26)31-15-21(25)23(2)19-12-13-32(27,28)16-19/h4-11,14,19H,3,12-13,15-16H2,1-2H3. The Morgan fingerprint density at radius 1 is 1.09 bits per heavy atom. The first-order valence-electron chi connectivity index (χ1n) is 10.4.